The molecule has 18 heavy (non-hydrogen) atoms. The van der Waals surface area contributed by atoms with Gasteiger partial charge in [0.25, 0.3) is 0 Å². The normalized spacial score (nSPS) is 25.3. The maximum absolute atomic E-state index is 11.0. The molecule has 1 saturated heterocycles. The first kappa shape index (κ1) is 16.1. The van der Waals surface area contributed by atoms with Crippen LogP contribution in [0.2, 0.25) is 0 Å². The molecule has 0 radical (unpaired) electrons. The van der Waals surface area contributed by atoms with E-state index in [2.05, 4.69) is 39.5 Å². The Balaban J connectivity index is 2.87. The van der Waals surface area contributed by atoms with Crippen molar-refractivity contribution in [3.05, 3.63) is 0 Å². The molecule has 1 heterocycles. The van der Waals surface area contributed by atoms with Crippen molar-refractivity contribution in [3.8, 4) is 0 Å². The molecular weight excluding hydrogens is 253 g/mol. The van der Waals surface area contributed by atoms with Gasteiger partial charge in [-0.3, -0.25) is 9.42 Å². The number of hydrogen-bond acceptors (Lipinski definition) is 3. The minimum Gasteiger partial charge on any atom is -0.303 e. The smallest absolute Gasteiger partial charge is 0.303 e. The number of nitrogens with zero attached hydrogens (tertiary/aromatic N) is 1. The second-order valence-corrected chi connectivity index (χ2v) is 7.59. The third-order valence-corrected chi connectivity index (χ3v) is 4.22. The van der Waals surface area contributed by atoms with Gasteiger partial charge < -0.3 is 9.79 Å². The Kier molecular flexibility index (Phi) is 4.67. The maximum atomic E-state index is 11.0. The molecule has 6 heteroatoms. The van der Waals surface area contributed by atoms with Gasteiger partial charge in [0.2, 0.25) is 0 Å². The second kappa shape index (κ2) is 5.22. The van der Waals surface area contributed by atoms with Crippen LogP contribution in [0.3, 0.4) is 0 Å². The summed E-state index contributed by atoms with van der Waals surface area (Å²) in [6.07, 6.45) is 1.96. The molecule has 2 N–H and O–H groups in total. The van der Waals surface area contributed by atoms with Crippen LogP contribution in [-0.2, 0) is 9.09 Å². The van der Waals surface area contributed by atoms with Crippen molar-refractivity contribution in [2.75, 3.05) is 6.54 Å². The highest BCUT2D eigenvalue weighted by molar-refractivity contribution is 7.46. The Hall–Kier alpha value is 0.0700. The first-order chi connectivity index (χ1) is 7.98. The zero-order valence-electron chi connectivity index (χ0n) is 12.0. The monoisotopic (exact) mass is 279 g/mol. The summed E-state index contributed by atoms with van der Waals surface area (Å²) in [5.74, 6) is 0. The van der Waals surface area contributed by atoms with E-state index < -0.39 is 7.82 Å². The van der Waals surface area contributed by atoms with Crippen molar-refractivity contribution >= 4 is 7.82 Å². The highest BCUT2D eigenvalue weighted by Crippen LogP contribution is 2.46. The van der Waals surface area contributed by atoms with Crippen LogP contribution in [0, 0.1) is 0 Å². The first-order valence-electron chi connectivity index (χ1n) is 6.50. The van der Waals surface area contributed by atoms with Gasteiger partial charge in [-0.05, 0) is 53.5 Å². The average Bonchev–Trinajstić information content (AvgIpc) is 2.06. The molecule has 5 nitrogen and oxygen atoms in total. The number of rotatable bonds is 4. The SMILES string of the molecule is CCCN1C(C)(C)CC(OP(=O)(O)O)CC1(C)C. The van der Waals surface area contributed by atoms with Gasteiger partial charge >= 0.3 is 7.82 Å². The van der Waals surface area contributed by atoms with Gasteiger partial charge in [0.1, 0.15) is 0 Å². The van der Waals surface area contributed by atoms with Crippen molar-refractivity contribution in [2.24, 2.45) is 0 Å². The number of likely N-dealkylation sites (tertiary alicyclic amines) is 1. The summed E-state index contributed by atoms with van der Waals surface area (Å²) >= 11 is 0. The van der Waals surface area contributed by atoms with Crippen LogP contribution in [0.15, 0.2) is 0 Å². The highest BCUT2D eigenvalue weighted by Gasteiger charge is 2.46. The van der Waals surface area contributed by atoms with Crippen molar-refractivity contribution in [1.82, 2.24) is 4.90 Å². The summed E-state index contributed by atoms with van der Waals surface area (Å²) in [6.45, 7) is 11.6. The molecule has 0 bridgehead atoms. The van der Waals surface area contributed by atoms with Crippen LogP contribution >= 0.6 is 7.82 Å². The van der Waals surface area contributed by atoms with Gasteiger partial charge in [-0.25, -0.2) is 4.57 Å². The first-order valence-corrected chi connectivity index (χ1v) is 8.03. The van der Waals surface area contributed by atoms with Gasteiger partial charge in [-0.2, -0.15) is 0 Å². The van der Waals surface area contributed by atoms with Crippen LogP contribution < -0.4 is 0 Å². The predicted octanol–water partition coefficient (Wildman–Crippen LogP) is 2.53. The lowest BCUT2D eigenvalue weighted by molar-refractivity contribution is -0.0777. The molecular formula is C12H26NO4P. The van der Waals surface area contributed by atoms with E-state index in [9.17, 15) is 4.57 Å². The molecule has 0 atom stereocenters. The Morgan fingerprint density at radius 2 is 1.67 bits per heavy atom. The molecule has 1 rings (SSSR count). The fourth-order valence-electron chi connectivity index (χ4n) is 3.32. The van der Waals surface area contributed by atoms with E-state index in [1.807, 2.05) is 0 Å². The van der Waals surface area contributed by atoms with Gasteiger partial charge in [0.05, 0.1) is 6.10 Å². The molecule has 0 aromatic rings. The van der Waals surface area contributed by atoms with Crippen LogP contribution in [0.5, 0.6) is 0 Å². The van der Waals surface area contributed by atoms with Crippen molar-refractivity contribution in [2.45, 2.75) is 71.1 Å². The molecule has 1 aliphatic rings. The zero-order valence-corrected chi connectivity index (χ0v) is 12.9. The maximum Gasteiger partial charge on any atom is 0.469 e. The van der Waals surface area contributed by atoms with Crippen LogP contribution in [0.25, 0.3) is 0 Å². The summed E-state index contributed by atoms with van der Waals surface area (Å²) in [6, 6.07) is 0. The lowest BCUT2D eigenvalue weighted by Gasteiger charge is -2.55. The quantitative estimate of drug-likeness (QED) is 0.774. The third-order valence-electron chi connectivity index (χ3n) is 3.65. The topological polar surface area (TPSA) is 70.0 Å². The van der Waals surface area contributed by atoms with Crippen LogP contribution in [0.4, 0.5) is 0 Å². The molecule has 0 aromatic carbocycles. The van der Waals surface area contributed by atoms with Crippen LogP contribution in [-0.4, -0.2) is 38.4 Å². The Morgan fingerprint density at radius 3 is 2.00 bits per heavy atom. The van der Waals surface area contributed by atoms with Gasteiger partial charge in [0.15, 0.2) is 0 Å². The molecule has 1 aliphatic heterocycles. The van der Waals surface area contributed by atoms with Gasteiger partial charge in [0, 0.05) is 11.1 Å². The van der Waals surface area contributed by atoms with E-state index in [1.165, 1.54) is 0 Å². The lowest BCUT2D eigenvalue weighted by atomic mass is 9.78. The molecule has 0 aromatic heterocycles. The molecule has 0 saturated carbocycles. The number of hydrogen-bond donors (Lipinski definition) is 2. The van der Waals surface area contributed by atoms with Crippen LogP contribution in [0.1, 0.15) is 53.9 Å². The molecule has 108 valence electrons. The molecule has 1 fully saturated rings. The molecule has 0 spiro atoms. The second-order valence-electron chi connectivity index (χ2n) is 6.40. The standard InChI is InChI=1S/C12H26NO4P/c1-6-7-13-11(2,3)8-10(9-12(13,4)5)17-18(14,15)16/h10H,6-9H2,1-5H3,(H2,14,15,16). The van der Waals surface area contributed by atoms with Crippen molar-refractivity contribution in [3.63, 3.8) is 0 Å². The Bertz CT molecular complexity index is 319. The van der Waals surface area contributed by atoms with E-state index >= 15 is 0 Å². The summed E-state index contributed by atoms with van der Waals surface area (Å²) in [7, 11) is -4.40. The molecule has 0 amide bonds. The van der Waals surface area contributed by atoms with Gasteiger partial charge in [-0.1, -0.05) is 6.92 Å². The highest BCUT2D eigenvalue weighted by atomic mass is 31.2. The summed E-state index contributed by atoms with van der Waals surface area (Å²) in [5, 5.41) is 0. The number of phosphoric acid groups is 1. The minimum absolute atomic E-state index is 0.113. The Labute approximate surface area is 110 Å². The van der Waals surface area contributed by atoms with E-state index in [-0.39, 0.29) is 17.2 Å². The number of piperidine rings is 1. The minimum atomic E-state index is -4.40. The van der Waals surface area contributed by atoms with Crippen molar-refractivity contribution in [1.29, 1.82) is 0 Å². The summed E-state index contributed by atoms with van der Waals surface area (Å²) in [5.41, 5.74) is -0.227. The largest absolute Gasteiger partial charge is 0.469 e. The lowest BCUT2D eigenvalue weighted by Crippen LogP contribution is -2.62. The fourth-order valence-corrected chi connectivity index (χ4v) is 3.86. The molecule has 0 aliphatic carbocycles. The average molecular weight is 279 g/mol. The van der Waals surface area contributed by atoms with E-state index in [0.717, 1.165) is 13.0 Å². The number of phosphoric ester groups is 1. The summed E-state index contributed by atoms with van der Waals surface area (Å²) < 4.78 is 15.9. The predicted molar refractivity (Wildman–Crippen MR) is 71.3 cm³/mol. The van der Waals surface area contributed by atoms with E-state index in [4.69, 9.17) is 14.3 Å². The van der Waals surface area contributed by atoms with E-state index in [1.54, 1.807) is 0 Å². The zero-order chi connectivity index (χ0) is 14.2. The van der Waals surface area contributed by atoms with E-state index in [0.29, 0.717) is 12.8 Å². The fraction of sp³-hybridized carbons (Fsp3) is 1.00. The Morgan fingerprint density at radius 1 is 1.22 bits per heavy atom. The van der Waals surface area contributed by atoms with Gasteiger partial charge in [-0.15, -0.1) is 0 Å². The summed E-state index contributed by atoms with van der Waals surface area (Å²) in [4.78, 5) is 20.3. The molecule has 0 unspecified atom stereocenters. The third kappa shape index (κ3) is 4.04. The van der Waals surface area contributed by atoms with Crippen molar-refractivity contribution < 1.29 is 18.9 Å².